The molecule has 4 heteroatoms. The monoisotopic (exact) mass is 242 g/mol. The van der Waals surface area contributed by atoms with Gasteiger partial charge in [-0.2, -0.15) is 0 Å². The number of nitrogens with one attached hydrogen (secondary N) is 1. The largest absolute Gasteiger partial charge is 0.341 e. The lowest BCUT2D eigenvalue weighted by Gasteiger charge is -1.93. The Morgan fingerprint density at radius 1 is 1.54 bits per heavy atom. The molecule has 0 saturated heterocycles. The molecule has 1 N–H and O–H groups in total. The van der Waals surface area contributed by atoms with Crippen LogP contribution in [0.25, 0.3) is 11.0 Å². The topological polar surface area (TPSA) is 28.7 Å². The van der Waals surface area contributed by atoms with Crippen LogP contribution in [0, 0.1) is 5.82 Å². The Kier molecular flexibility index (Phi) is 2.07. The van der Waals surface area contributed by atoms with Crippen molar-refractivity contribution in [2.45, 2.75) is 11.8 Å². The maximum atomic E-state index is 12.8. The summed E-state index contributed by atoms with van der Waals surface area (Å²) in [6.45, 7) is 1.97. The van der Waals surface area contributed by atoms with Gasteiger partial charge in [0.2, 0.25) is 0 Å². The second kappa shape index (κ2) is 3.10. The van der Waals surface area contributed by atoms with Crippen molar-refractivity contribution in [2.75, 3.05) is 0 Å². The third kappa shape index (κ3) is 1.58. The number of H-pyrrole nitrogens is 1. The number of halogens is 2. The summed E-state index contributed by atoms with van der Waals surface area (Å²) in [7, 11) is 0. The van der Waals surface area contributed by atoms with Gasteiger partial charge in [-0.3, -0.25) is 0 Å². The van der Waals surface area contributed by atoms with Gasteiger partial charge in [-0.05, 0) is 25.1 Å². The summed E-state index contributed by atoms with van der Waals surface area (Å²) in [6.07, 6.45) is 0. The van der Waals surface area contributed by atoms with Crippen molar-refractivity contribution >= 4 is 27.0 Å². The highest BCUT2D eigenvalue weighted by molar-refractivity contribution is 9.09. The molecule has 0 fully saturated rings. The number of nitrogens with zero attached hydrogens (tertiary/aromatic N) is 1. The Labute approximate surface area is 83.3 Å². The van der Waals surface area contributed by atoms with Crippen molar-refractivity contribution in [1.82, 2.24) is 9.97 Å². The first-order chi connectivity index (χ1) is 6.16. The molecular formula is C9H8BrFN2. The summed E-state index contributed by atoms with van der Waals surface area (Å²) in [5.74, 6) is 0.575. The van der Waals surface area contributed by atoms with Gasteiger partial charge in [0.05, 0.1) is 15.9 Å². The molecule has 1 aromatic carbocycles. The first-order valence-corrected chi connectivity index (χ1v) is 4.87. The molecule has 2 nitrogen and oxygen atoms in total. The predicted molar refractivity (Wildman–Crippen MR) is 53.4 cm³/mol. The van der Waals surface area contributed by atoms with Crippen molar-refractivity contribution in [1.29, 1.82) is 0 Å². The van der Waals surface area contributed by atoms with Crippen molar-refractivity contribution in [3.63, 3.8) is 0 Å². The molecule has 1 atom stereocenters. The Bertz CT molecular complexity index is 436. The van der Waals surface area contributed by atoms with Gasteiger partial charge < -0.3 is 4.98 Å². The summed E-state index contributed by atoms with van der Waals surface area (Å²) in [4.78, 5) is 7.48. The minimum absolute atomic E-state index is 0.156. The lowest BCUT2D eigenvalue weighted by molar-refractivity contribution is 0.629. The third-order valence-electron chi connectivity index (χ3n) is 1.84. The first-order valence-electron chi connectivity index (χ1n) is 3.96. The van der Waals surface area contributed by atoms with Crippen LogP contribution in [0.1, 0.15) is 17.6 Å². The summed E-state index contributed by atoms with van der Waals surface area (Å²) >= 11 is 3.39. The summed E-state index contributed by atoms with van der Waals surface area (Å²) in [5, 5.41) is 0. The average molecular weight is 243 g/mol. The molecule has 0 bridgehead atoms. The molecule has 1 aromatic heterocycles. The zero-order valence-electron chi connectivity index (χ0n) is 7.01. The lowest BCUT2D eigenvalue weighted by Crippen LogP contribution is -1.84. The summed E-state index contributed by atoms with van der Waals surface area (Å²) in [5.41, 5.74) is 1.53. The number of hydrogen-bond donors (Lipinski definition) is 1. The van der Waals surface area contributed by atoms with E-state index in [1.165, 1.54) is 12.1 Å². The van der Waals surface area contributed by atoms with Gasteiger partial charge in [-0.25, -0.2) is 9.37 Å². The van der Waals surface area contributed by atoms with Crippen LogP contribution >= 0.6 is 15.9 Å². The molecule has 1 unspecified atom stereocenters. The zero-order chi connectivity index (χ0) is 9.42. The molecule has 0 spiro atoms. The number of hydrogen-bond acceptors (Lipinski definition) is 1. The van der Waals surface area contributed by atoms with Gasteiger partial charge in [-0.15, -0.1) is 0 Å². The number of aromatic nitrogens is 2. The molecule has 0 amide bonds. The predicted octanol–water partition coefficient (Wildman–Crippen LogP) is 3.16. The molecule has 68 valence electrons. The van der Waals surface area contributed by atoms with E-state index < -0.39 is 0 Å². The van der Waals surface area contributed by atoms with Crippen LogP contribution in [0.3, 0.4) is 0 Å². The summed E-state index contributed by atoms with van der Waals surface area (Å²) < 4.78 is 12.8. The van der Waals surface area contributed by atoms with E-state index in [1.54, 1.807) is 6.07 Å². The maximum Gasteiger partial charge on any atom is 0.125 e. The van der Waals surface area contributed by atoms with Crippen molar-refractivity contribution in [2.24, 2.45) is 0 Å². The average Bonchev–Trinajstić information content (AvgIpc) is 2.46. The van der Waals surface area contributed by atoms with Crippen LogP contribution in [-0.4, -0.2) is 9.97 Å². The second-order valence-electron chi connectivity index (χ2n) is 2.90. The molecule has 0 aliphatic rings. The van der Waals surface area contributed by atoms with Crippen LogP contribution in [-0.2, 0) is 0 Å². The van der Waals surface area contributed by atoms with Gasteiger partial charge in [0, 0.05) is 0 Å². The fourth-order valence-corrected chi connectivity index (χ4v) is 1.41. The Hall–Kier alpha value is -0.900. The number of fused-ring (bicyclic) bond motifs is 1. The zero-order valence-corrected chi connectivity index (χ0v) is 8.60. The van der Waals surface area contributed by atoms with Crippen LogP contribution < -0.4 is 0 Å². The van der Waals surface area contributed by atoms with E-state index in [2.05, 4.69) is 25.9 Å². The highest BCUT2D eigenvalue weighted by atomic mass is 79.9. The number of rotatable bonds is 1. The van der Waals surface area contributed by atoms with E-state index in [-0.39, 0.29) is 10.6 Å². The van der Waals surface area contributed by atoms with E-state index in [9.17, 15) is 4.39 Å². The molecule has 0 saturated carbocycles. The van der Waals surface area contributed by atoms with Crippen LogP contribution in [0.4, 0.5) is 4.39 Å². The standard InChI is InChI=1S/C9H8BrFN2/c1-5(10)9-12-7-3-2-6(11)4-8(7)13-9/h2-5H,1H3,(H,12,13). The van der Waals surface area contributed by atoms with E-state index in [0.717, 1.165) is 16.9 Å². The quantitative estimate of drug-likeness (QED) is 0.765. The first kappa shape index (κ1) is 8.69. The van der Waals surface area contributed by atoms with Gasteiger partial charge in [0.1, 0.15) is 11.6 Å². The highest BCUT2D eigenvalue weighted by Gasteiger charge is 2.07. The van der Waals surface area contributed by atoms with Gasteiger partial charge in [-0.1, -0.05) is 15.9 Å². The fourth-order valence-electron chi connectivity index (χ4n) is 1.19. The van der Waals surface area contributed by atoms with Crippen molar-refractivity contribution in [3.8, 4) is 0 Å². The normalized spacial score (nSPS) is 13.5. The molecule has 2 aromatic rings. The van der Waals surface area contributed by atoms with E-state index in [1.807, 2.05) is 6.92 Å². The van der Waals surface area contributed by atoms with E-state index in [4.69, 9.17) is 0 Å². The van der Waals surface area contributed by atoms with Gasteiger partial charge >= 0.3 is 0 Å². The molecule has 0 aliphatic heterocycles. The minimum Gasteiger partial charge on any atom is -0.341 e. The lowest BCUT2D eigenvalue weighted by atomic mass is 10.3. The van der Waals surface area contributed by atoms with Gasteiger partial charge in [0.25, 0.3) is 0 Å². The minimum atomic E-state index is -0.245. The highest BCUT2D eigenvalue weighted by Crippen LogP contribution is 2.21. The SMILES string of the molecule is CC(Br)c1nc2ccc(F)cc2[nH]1. The summed E-state index contributed by atoms with van der Waals surface area (Å²) in [6, 6.07) is 4.52. The Balaban J connectivity index is 2.62. The Morgan fingerprint density at radius 2 is 2.31 bits per heavy atom. The van der Waals surface area contributed by atoms with Crippen molar-refractivity contribution in [3.05, 3.63) is 29.8 Å². The Morgan fingerprint density at radius 3 is 3.00 bits per heavy atom. The molecule has 0 radical (unpaired) electrons. The second-order valence-corrected chi connectivity index (χ2v) is 4.27. The molecule has 1 heterocycles. The van der Waals surface area contributed by atoms with Crippen molar-refractivity contribution < 1.29 is 4.39 Å². The van der Waals surface area contributed by atoms with E-state index in [0.29, 0.717) is 0 Å². The van der Waals surface area contributed by atoms with Crippen LogP contribution in [0.5, 0.6) is 0 Å². The van der Waals surface area contributed by atoms with Crippen LogP contribution in [0.15, 0.2) is 18.2 Å². The number of alkyl halides is 1. The van der Waals surface area contributed by atoms with E-state index >= 15 is 0 Å². The molecule has 2 rings (SSSR count). The number of imidazole rings is 1. The molecule has 13 heavy (non-hydrogen) atoms. The molecule has 0 aliphatic carbocycles. The van der Waals surface area contributed by atoms with Gasteiger partial charge in [0.15, 0.2) is 0 Å². The molecular weight excluding hydrogens is 235 g/mol. The number of aromatic amines is 1. The number of benzene rings is 1. The fraction of sp³-hybridized carbons (Fsp3) is 0.222. The smallest absolute Gasteiger partial charge is 0.125 e. The maximum absolute atomic E-state index is 12.8. The third-order valence-corrected chi connectivity index (χ3v) is 2.27. The van der Waals surface area contributed by atoms with Crippen LogP contribution in [0.2, 0.25) is 0 Å².